The Labute approximate surface area is 107 Å². The maximum Gasteiger partial charge on any atom is 0.475 e. The predicted molar refractivity (Wildman–Crippen MR) is 43.3 cm³/mol. The van der Waals surface area contributed by atoms with Crippen LogP contribution >= 0.6 is 0 Å². The fraction of sp³-hybridized carbons (Fsp3) is 1.00. The summed E-state index contributed by atoms with van der Waals surface area (Å²) in [4.78, 5) is 56.7. The monoisotopic (exact) mass is 306 g/mol. The quantitative estimate of drug-likeness (QED) is 0.310. The molecular weight excluding hydrogens is 296 g/mol. The Hall–Kier alpha value is -3.20. The lowest BCUT2D eigenvalue weighted by atomic mass is 10.2. The van der Waals surface area contributed by atoms with Crippen molar-refractivity contribution in [1.29, 1.82) is 0 Å². The fourth-order valence-electron chi connectivity index (χ4n) is 0.917. The number of hydrogen-bond acceptors (Lipinski definition) is 8. The van der Waals surface area contributed by atoms with Crippen molar-refractivity contribution in [2.75, 3.05) is 13.2 Å². The van der Waals surface area contributed by atoms with Crippen LogP contribution in [0.5, 0.6) is 0 Å². The van der Waals surface area contributed by atoms with Crippen molar-refractivity contribution in [2.45, 2.75) is 12.2 Å². The van der Waals surface area contributed by atoms with Crippen molar-refractivity contribution < 1.29 is 60.5 Å². The average molecular weight is 306 g/mol. The molecule has 0 bridgehead atoms. The van der Waals surface area contributed by atoms with E-state index < -0.39 is 45.8 Å². The Morgan fingerprint density at radius 1 is 0.650 bits per heavy atom. The second kappa shape index (κ2) is 8.00. The van der Waals surface area contributed by atoms with Gasteiger partial charge in [0.05, 0.1) is 0 Å². The van der Waals surface area contributed by atoms with Gasteiger partial charge in [-0.25, -0.2) is 20.8 Å². The Bertz CT molecular complexity index is 348. The summed E-state index contributed by atoms with van der Waals surface area (Å²) in [5.74, 6) is 0. The van der Waals surface area contributed by atoms with Crippen molar-refractivity contribution in [1.82, 2.24) is 0 Å². The highest BCUT2D eigenvalue weighted by Gasteiger charge is 2.42. The molecule has 0 saturated heterocycles. The molecule has 114 valence electrons. The lowest BCUT2D eigenvalue weighted by Crippen LogP contribution is -2.43. The second-order valence-electron chi connectivity index (χ2n) is 2.83. The van der Waals surface area contributed by atoms with Gasteiger partial charge in [0.15, 0.2) is 0 Å². The van der Waals surface area contributed by atoms with Crippen molar-refractivity contribution in [3.05, 3.63) is 19.6 Å². The molecule has 0 aliphatic carbocycles. The van der Waals surface area contributed by atoms with E-state index in [4.69, 9.17) is 20.8 Å². The second-order valence-corrected chi connectivity index (χ2v) is 2.83. The molecule has 16 nitrogen and oxygen atoms in total. The van der Waals surface area contributed by atoms with Gasteiger partial charge in [0.2, 0.25) is 13.2 Å². The van der Waals surface area contributed by atoms with Gasteiger partial charge in [-0.3, -0.25) is 0 Å². The summed E-state index contributed by atoms with van der Waals surface area (Å²) >= 11 is 0. The van der Waals surface area contributed by atoms with Crippen LogP contribution in [-0.2, 0) is 19.4 Å². The first-order chi connectivity index (χ1) is 9.22. The predicted octanol–water partition coefficient (Wildman–Crippen LogP) is -1.88. The van der Waals surface area contributed by atoms with E-state index in [9.17, 15) is 19.6 Å². The molecular formula is C4H10N4O12+4. The van der Waals surface area contributed by atoms with Crippen LogP contribution in [0.25, 0.3) is 0 Å². The van der Waals surface area contributed by atoms with Crippen LogP contribution in [0, 0.1) is 19.6 Å². The van der Waals surface area contributed by atoms with E-state index in [0.29, 0.717) is 0 Å². The Kier molecular flexibility index (Phi) is 6.72. The van der Waals surface area contributed by atoms with Gasteiger partial charge < -0.3 is 0 Å². The van der Waals surface area contributed by atoms with Crippen LogP contribution in [0.2, 0.25) is 0 Å². The molecule has 0 radical (unpaired) electrons. The zero-order valence-electron chi connectivity index (χ0n) is 9.41. The van der Waals surface area contributed by atoms with Crippen LogP contribution in [0.1, 0.15) is 0 Å². The van der Waals surface area contributed by atoms with E-state index in [1.165, 1.54) is 0 Å². The van der Waals surface area contributed by atoms with Crippen LogP contribution < -0.4 is 0 Å². The highest BCUT2D eigenvalue weighted by atomic mass is 17.0. The van der Waals surface area contributed by atoms with E-state index in [2.05, 4.69) is 19.4 Å². The van der Waals surface area contributed by atoms with E-state index >= 15 is 0 Å². The molecule has 20 heavy (non-hydrogen) atoms. The highest BCUT2D eigenvalue weighted by molar-refractivity contribution is 4.66. The normalized spacial score (nSPS) is 12.6. The van der Waals surface area contributed by atoms with Gasteiger partial charge in [-0.2, -0.15) is 19.4 Å². The van der Waals surface area contributed by atoms with Crippen molar-refractivity contribution in [3.63, 3.8) is 0 Å². The number of hydrogen-bond donors (Lipinski definition) is 4. The Balaban J connectivity index is 4.83. The van der Waals surface area contributed by atoms with Gasteiger partial charge in [0.25, 0.3) is 12.2 Å². The lowest BCUT2D eigenvalue weighted by molar-refractivity contribution is -1.01. The number of rotatable bonds is 11. The molecule has 0 aromatic carbocycles. The van der Waals surface area contributed by atoms with Crippen LogP contribution in [0.15, 0.2) is 0 Å². The summed E-state index contributed by atoms with van der Waals surface area (Å²) < 4.78 is 0. The van der Waals surface area contributed by atoms with E-state index in [-0.39, 0.29) is 0 Å². The van der Waals surface area contributed by atoms with Crippen LogP contribution in [-0.4, -0.2) is 66.6 Å². The molecule has 0 aromatic heterocycles. The van der Waals surface area contributed by atoms with Gasteiger partial charge in [0, 0.05) is 0 Å². The molecule has 2 atom stereocenters. The van der Waals surface area contributed by atoms with Crippen LogP contribution in [0.4, 0.5) is 0 Å². The molecule has 0 aliphatic heterocycles. The van der Waals surface area contributed by atoms with Gasteiger partial charge >= 0.3 is 20.3 Å². The van der Waals surface area contributed by atoms with Gasteiger partial charge in [-0.05, 0) is 0 Å². The van der Waals surface area contributed by atoms with Crippen molar-refractivity contribution in [3.8, 4) is 0 Å². The molecule has 0 unspecified atom stereocenters. The zero-order valence-corrected chi connectivity index (χ0v) is 9.41. The molecule has 0 rings (SSSR count). The summed E-state index contributed by atoms with van der Waals surface area (Å²) in [6.07, 6.45) is -3.66. The molecule has 0 saturated carbocycles. The minimum Gasteiger partial charge on any atom is -0.200 e. The standard InChI is InChI=1S/C4H10N4O12/c9-5(10)17-1-3(19-7(13)14)4(20-8(15)16)2-18-6(11)12/h3-4H,1-2H2,(H,9,10)(H,11,12)(H,13,14)(H,15,16)/q+4/t3-,4+. The van der Waals surface area contributed by atoms with Gasteiger partial charge in [-0.15, -0.1) is 0 Å². The van der Waals surface area contributed by atoms with Crippen LogP contribution in [0.3, 0.4) is 0 Å². The summed E-state index contributed by atoms with van der Waals surface area (Å²) in [7, 11) is 0. The fourth-order valence-corrected chi connectivity index (χ4v) is 0.917. The Morgan fingerprint density at radius 3 is 1.15 bits per heavy atom. The summed E-state index contributed by atoms with van der Waals surface area (Å²) in [5.41, 5.74) is 0. The van der Waals surface area contributed by atoms with E-state index in [1.54, 1.807) is 0 Å². The third-order valence-corrected chi connectivity index (χ3v) is 1.56. The van der Waals surface area contributed by atoms with E-state index in [0.717, 1.165) is 0 Å². The average Bonchev–Trinajstić information content (AvgIpc) is 2.28. The first-order valence-electron chi connectivity index (χ1n) is 4.46. The maximum atomic E-state index is 10.3. The van der Waals surface area contributed by atoms with Crippen molar-refractivity contribution in [2.24, 2.45) is 0 Å². The first kappa shape index (κ1) is 16.8. The SMILES string of the molecule is O=[N+](O)OC[C@H](O[N+](=O)O)[C@@H](CO[N+](=O)O)O[N+](=O)O. The Morgan fingerprint density at radius 2 is 0.950 bits per heavy atom. The molecule has 0 amide bonds. The maximum absolute atomic E-state index is 10.3. The smallest absolute Gasteiger partial charge is 0.200 e. The minimum atomic E-state index is -1.83. The summed E-state index contributed by atoms with van der Waals surface area (Å²) in [6.45, 7) is -1.99. The first-order valence-corrected chi connectivity index (χ1v) is 4.46. The molecule has 4 N–H and O–H groups in total. The number of nitrogens with zero attached hydrogens (tertiary/aromatic N) is 4. The van der Waals surface area contributed by atoms with Crippen molar-refractivity contribution >= 4 is 0 Å². The molecule has 0 heterocycles. The zero-order chi connectivity index (χ0) is 15.7. The highest BCUT2D eigenvalue weighted by Crippen LogP contribution is 2.07. The van der Waals surface area contributed by atoms with Gasteiger partial charge in [0.1, 0.15) is 19.6 Å². The third-order valence-electron chi connectivity index (χ3n) is 1.56. The summed E-state index contributed by atoms with van der Waals surface area (Å²) in [5, 5.41) is 28.6. The lowest BCUT2D eigenvalue weighted by Gasteiger charge is -2.09. The largest absolute Gasteiger partial charge is 0.475 e. The molecule has 16 heteroatoms. The third kappa shape index (κ3) is 7.97. The topological polar surface area (TPSA) is 198 Å². The molecule has 0 aliphatic rings. The molecule has 0 aromatic rings. The molecule has 0 spiro atoms. The summed E-state index contributed by atoms with van der Waals surface area (Å²) in [6, 6.07) is 0. The molecule has 0 fully saturated rings. The van der Waals surface area contributed by atoms with E-state index in [1.807, 2.05) is 0 Å². The van der Waals surface area contributed by atoms with Gasteiger partial charge in [-0.1, -0.05) is 0 Å². The minimum absolute atomic E-state index is 0.995.